The summed E-state index contributed by atoms with van der Waals surface area (Å²) in [5, 5.41) is 11.8. The van der Waals surface area contributed by atoms with E-state index in [0.717, 1.165) is 45.3 Å². The van der Waals surface area contributed by atoms with Gasteiger partial charge in [0.15, 0.2) is 0 Å². The smallest absolute Gasteiger partial charge is 0.295 e. The first kappa shape index (κ1) is 29.5. The molecular weight excluding hydrogens is 504 g/mol. The molecule has 1 aliphatic heterocycles. The Labute approximate surface area is 231 Å². The van der Waals surface area contributed by atoms with E-state index in [0.29, 0.717) is 40.6 Å². The molecule has 2 aromatic rings. The lowest BCUT2D eigenvalue weighted by Gasteiger charge is -2.28. The number of carbonyl (C=O) groups is 2. The van der Waals surface area contributed by atoms with Gasteiger partial charge in [-0.1, -0.05) is 38.3 Å². The van der Waals surface area contributed by atoms with Crippen LogP contribution in [0.3, 0.4) is 0 Å². The molecular formula is C30H39ClN2O5. The maximum atomic E-state index is 13.4. The molecule has 1 heterocycles. The zero-order valence-electron chi connectivity index (χ0n) is 22.8. The number of carbonyl (C=O) groups excluding carboxylic acids is 2. The summed E-state index contributed by atoms with van der Waals surface area (Å²) < 4.78 is 11.0. The van der Waals surface area contributed by atoms with E-state index in [-0.39, 0.29) is 11.3 Å². The Kier molecular flexibility index (Phi) is 11.0. The van der Waals surface area contributed by atoms with Crippen LogP contribution in [0, 0.1) is 0 Å². The second-order valence-electron chi connectivity index (χ2n) is 9.51. The highest BCUT2D eigenvalue weighted by molar-refractivity contribution is 6.46. The summed E-state index contributed by atoms with van der Waals surface area (Å²) in [6.45, 7) is 7.59. The molecule has 1 aliphatic rings. The number of likely N-dealkylation sites (tertiary alicyclic amines) is 1. The van der Waals surface area contributed by atoms with Gasteiger partial charge in [-0.2, -0.15) is 0 Å². The Morgan fingerprint density at radius 1 is 0.947 bits per heavy atom. The molecule has 1 saturated heterocycles. The molecule has 38 heavy (non-hydrogen) atoms. The van der Waals surface area contributed by atoms with Crippen LogP contribution < -0.4 is 9.47 Å². The number of hydrogen-bond donors (Lipinski definition) is 1. The minimum atomic E-state index is -0.800. The van der Waals surface area contributed by atoms with Gasteiger partial charge in [-0.3, -0.25) is 9.59 Å². The van der Waals surface area contributed by atoms with E-state index in [1.54, 1.807) is 54.5 Å². The van der Waals surface area contributed by atoms with Crippen molar-refractivity contribution in [2.45, 2.75) is 52.0 Å². The van der Waals surface area contributed by atoms with Gasteiger partial charge in [0.05, 0.1) is 25.8 Å². The van der Waals surface area contributed by atoms with Crippen LogP contribution in [0.4, 0.5) is 0 Å². The van der Waals surface area contributed by atoms with E-state index in [4.69, 9.17) is 21.1 Å². The molecule has 8 heteroatoms. The summed E-state index contributed by atoms with van der Waals surface area (Å²) in [6.07, 6.45) is 5.20. The van der Waals surface area contributed by atoms with Gasteiger partial charge < -0.3 is 24.4 Å². The number of rotatable bonds is 14. The van der Waals surface area contributed by atoms with Crippen LogP contribution in [0.15, 0.2) is 48.0 Å². The summed E-state index contributed by atoms with van der Waals surface area (Å²) in [5.41, 5.74) is 1.06. The Morgan fingerprint density at radius 2 is 1.58 bits per heavy atom. The average molecular weight is 543 g/mol. The number of aliphatic hydroxyl groups is 1. The molecule has 1 atom stereocenters. The molecule has 1 N–H and O–H groups in total. The van der Waals surface area contributed by atoms with E-state index in [2.05, 4.69) is 18.7 Å². The van der Waals surface area contributed by atoms with Crippen LogP contribution in [-0.2, 0) is 9.59 Å². The van der Waals surface area contributed by atoms with Crippen LogP contribution in [0.2, 0.25) is 5.02 Å². The number of ketones is 1. The lowest BCUT2D eigenvalue weighted by atomic mass is 9.94. The van der Waals surface area contributed by atoms with Crippen LogP contribution in [0.25, 0.3) is 5.76 Å². The number of amides is 1. The normalized spacial score (nSPS) is 16.9. The van der Waals surface area contributed by atoms with Crippen LogP contribution >= 0.6 is 11.6 Å². The molecule has 0 bridgehead atoms. The van der Waals surface area contributed by atoms with Gasteiger partial charge in [-0.15, -0.1) is 0 Å². The van der Waals surface area contributed by atoms with E-state index in [9.17, 15) is 14.7 Å². The van der Waals surface area contributed by atoms with Gasteiger partial charge >= 0.3 is 0 Å². The van der Waals surface area contributed by atoms with Gasteiger partial charge in [0.1, 0.15) is 17.3 Å². The minimum absolute atomic E-state index is 0.0367. The van der Waals surface area contributed by atoms with Crippen LogP contribution in [-0.4, -0.2) is 67.0 Å². The summed E-state index contributed by atoms with van der Waals surface area (Å²) in [6, 6.07) is 11.0. The van der Waals surface area contributed by atoms with E-state index in [1.807, 2.05) is 0 Å². The standard InChI is InChI=1S/C30H39ClN2O5/c1-5-7-16-32(17-8-6-2)18-9-19-33-27(24-15-14-23(37-3)20-25(24)38-4)26(29(35)30(33)36)28(34)21-10-12-22(31)13-11-21/h10-15,20,27,34H,5-9,16-19H2,1-4H3/b28-26-. The van der Waals surface area contributed by atoms with Gasteiger partial charge in [-0.25, -0.2) is 0 Å². The largest absolute Gasteiger partial charge is 0.507 e. The van der Waals surface area contributed by atoms with E-state index < -0.39 is 17.7 Å². The van der Waals surface area contributed by atoms with E-state index >= 15 is 0 Å². The van der Waals surface area contributed by atoms with Crippen molar-refractivity contribution in [3.8, 4) is 11.5 Å². The Hall–Kier alpha value is -3.03. The summed E-state index contributed by atoms with van der Waals surface area (Å²) >= 11 is 6.03. The fourth-order valence-corrected chi connectivity index (χ4v) is 4.93. The number of hydrogen-bond acceptors (Lipinski definition) is 6. The van der Waals surface area contributed by atoms with Crippen molar-refractivity contribution < 1.29 is 24.2 Å². The monoisotopic (exact) mass is 542 g/mol. The summed E-state index contributed by atoms with van der Waals surface area (Å²) in [5.74, 6) is -0.525. The second-order valence-corrected chi connectivity index (χ2v) is 9.95. The third kappa shape index (κ3) is 6.88. The SMILES string of the molecule is CCCCN(CCCC)CCCN1C(=O)C(=O)/C(=C(\O)c2ccc(Cl)cc2)C1c1ccc(OC)cc1OC. The lowest BCUT2D eigenvalue weighted by molar-refractivity contribution is -0.140. The zero-order chi connectivity index (χ0) is 27.7. The number of benzene rings is 2. The molecule has 0 spiro atoms. The molecule has 0 aliphatic carbocycles. The van der Waals surface area contributed by atoms with Crippen molar-refractivity contribution >= 4 is 29.1 Å². The first-order valence-electron chi connectivity index (χ1n) is 13.3. The van der Waals surface area contributed by atoms with Crippen molar-refractivity contribution in [3.63, 3.8) is 0 Å². The fraction of sp³-hybridized carbons (Fsp3) is 0.467. The number of aliphatic hydroxyl groups excluding tert-OH is 1. The first-order chi connectivity index (χ1) is 18.4. The predicted molar refractivity (Wildman–Crippen MR) is 151 cm³/mol. The van der Waals surface area contributed by atoms with Gasteiger partial charge in [0.25, 0.3) is 11.7 Å². The number of Topliss-reactive ketones (excluding diaryl/α,β-unsaturated/α-hetero) is 1. The highest BCUT2D eigenvalue weighted by Gasteiger charge is 2.46. The summed E-state index contributed by atoms with van der Waals surface area (Å²) in [4.78, 5) is 30.7. The topological polar surface area (TPSA) is 79.3 Å². The van der Waals surface area contributed by atoms with Crippen molar-refractivity contribution in [1.82, 2.24) is 9.80 Å². The molecule has 0 radical (unpaired) electrons. The summed E-state index contributed by atoms with van der Waals surface area (Å²) in [7, 11) is 3.09. The zero-order valence-corrected chi connectivity index (χ0v) is 23.6. The lowest BCUT2D eigenvalue weighted by Crippen LogP contribution is -2.34. The molecule has 7 nitrogen and oxygen atoms in total. The Morgan fingerprint density at radius 3 is 2.16 bits per heavy atom. The molecule has 0 saturated carbocycles. The molecule has 3 rings (SSSR count). The fourth-order valence-electron chi connectivity index (χ4n) is 4.81. The highest BCUT2D eigenvalue weighted by Crippen LogP contribution is 2.43. The Balaban J connectivity index is 2.00. The van der Waals surface area contributed by atoms with E-state index in [1.165, 1.54) is 7.11 Å². The minimum Gasteiger partial charge on any atom is -0.507 e. The third-order valence-electron chi connectivity index (χ3n) is 6.92. The van der Waals surface area contributed by atoms with Gasteiger partial charge in [-0.05, 0) is 75.3 Å². The number of nitrogens with zero attached hydrogens (tertiary/aromatic N) is 2. The number of methoxy groups -OCH3 is 2. The molecule has 1 amide bonds. The Bertz CT molecular complexity index is 1120. The highest BCUT2D eigenvalue weighted by atomic mass is 35.5. The molecule has 206 valence electrons. The maximum Gasteiger partial charge on any atom is 0.295 e. The molecule has 1 unspecified atom stereocenters. The van der Waals surface area contributed by atoms with Crippen molar-refractivity contribution in [1.29, 1.82) is 0 Å². The first-order valence-corrected chi connectivity index (χ1v) is 13.7. The second kappa shape index (κ2) is 14.2. The third-order valence-corrected chi connectivity index (χ3v) is 7.17. The molecule has 1 fully saturated rings. The quantitative estimate of drug-likeness (QED) is 0.177. The van der Waals surface area contributed by atoms with Crippen molar-refractivity contribution in [3.05, 3.63) is 64.2 Å². The van der Waals surface area contributed by atoms with Crippen molar-refractivity contribution in [2.75, 3.05) is 40.4 Å². The van der Waals surface area contributed by atoms with Crippen LogP contribution in [0.1, 0.15) is 63.1 Å². The molecule has 0 aromatic heterocycles. The van der Waals surface area contributed by atoms with Gasteiger partial charge in [0, 0.05) is 28.8 Å². The maximum absolute atomic E-state index is 13.4. The number of halogens is 1. The van der Waals surface area contributed by atoms with Crippen LogP contribution in [0.5, 0.6) is 11.5 Å². The molecule has 2 aromatic carbocycles. The predicted octanol–water partition coefficient (Wildman–Crippen LogP) is 6.07. The van der Waals surface area contributed by atoms with Gasteiger partial charge in [0.2, 0.25) is 0 Å². The average Bonchev–Trinajstić information content (AvgIpc) is 3.18. The van der Waals surface area contributed by atoms with Crippen molar-refractivity contribution in [2.24, 2.45) is 0 Å². The number of unbranched alkanes of at least 4 members (excludes halogenated alkanes) is 2. The number of ether oxygens (including phenoxy) is 2.